The average molecular weight is 234 g/mol. The zero-order valence-electron chi connectivity index (χ0n) is 10.8. The summed E-state index contributed by atoms with van der Waals surface area (Å²) in [5, 5.41) is 0. The van der Waals surface area contributed by atoms with E-state index in [1.54, 1.807) is 4.90 Å². The van der Waals surface area contributed by atoms with Crippen molar-refractivity contribution in [1.82, 2.24) is 4.90 Å². The van der Waals surface area contributed by atoms with Gasteiger partial charge in [0, 0.05) is 25.7 Å². The van der Waals surface area contributed by atoms with Crippen molar-refractivity contribution < 1.29 is 4.79 Å². The van der Waals surface area contributed by atoms with Gasteiger partial charge < -0.3 is 10.6 Å². The first-order chi connectivity index (χ1) is 8.13. The van der Waals surface area contributed by atoms with Crippen LogP contribution in [-0.2, 0) is 11.3 Å². The third-order valence-electron chi connectivity index (χ3n) is 2.82. The van der Waals surface area contributed by atoms with Crippen LogP contribution in [0, 0.1) is 0 Å². The molecule has 1 rings (SSSR count). The predicted octanol–water partition coefficient (Wildman–Crippen LogP) is 2.81. The van der Waals surface area contributed by atoms with E-state index in [0.29, 0.717) is 13.0 Å². The third kappa shape index (κ3) is 4.89. The molecule has 94 valence electrons. The van der Waals surface area contributed by atoms with Crippen LogP contribution < -0.4 is 5.73 Å². The van der Waals surface area contributed by atoms with E-state index in [0.717, 1.165) is 30.5 Å². The molecule has 0 fully saturated rings. The Kier molecular flexibility index (Phi) is 5.53. The summed E-state index contributed by atoms with van der Waals surface area (Å²) in [7, 11) is 1.85. The van der Waals surface area contributed by atoms with Crippen LogP contribution in [0.15, 0.2) is 24.3 Å². The molecule has 0 aliphatic heterocycles. The van der Waals surface area contributed by atoms with E-state index < -0.39 is 0 Å². The maximum atomic E-state index is 11.8. The van der Waals surface area contributed by atoms with Gasteiger partial charge in [-0.15, -0.1) is 0 Å². The highest BCUT2D eigenvalue weighted by Crippen LogP contribution is 2.09. The number of hydrogen-bond donors (Lipinski definition) is 1. The Morgan fingerprint density at radius 1 is 1.24 bits per heavy atom. The number of carbonyl (C=O) groups is 1. The first kappa shape index (κ1) is 13.6. The predicted molar refractivity (Wildman–Crippen MR) is 71.5 cm³/mol. The molecule has 3 nitrogen and oxygen atoms in total. The summed E-state index contributed by atoms with van der Waals surface area (Å²) in [4.78, 5) is 13.6. The van der Waals surface area contributed by atoms with Gasteiger partial charge in [-0.1, -0.05) is 31.9 Å². The summed E-state index contributed by atoms with van der Waals surface area (Å²) in [5.41, 5.74) is 7.49. The molecule has 0 aliphatic carbocycles. The van der Waals surface area contributed by atoms with Crippen LogP contribution >= 0.6 is 0 Å². The zero-order chi connectivity index (χ0) is 12.7. The lowest BCUT2D eigenvalue weighted by Crippen LogP contribution is -2.25. The zero-order valence-corrected chi connectivity index (χ0v) is 10.8. The average Bonchev–Trinajstić information content (AvgIpc) is 2.32. The number of carbonyl (C=O) groups excluding carboxylic acids is 1. The Balaban J connectivity index is 2.40. The highest BCUT2D eigenvalue weighted by atomic mass is 16.2. The smallest absolute Gasteiger partial charge is 0.222 e. The maximum absolute atomic E-state index is 11.8. The number of benzene rings is 1. The number of nitrogens with zero attached hydrogens (tertiary/aromatic N) is 1. The minimum atomic E-state index is 0.218. The Bertz CT molecular complexity index is 346. The van der Waals surface area contributed by atoms with Crippen molar-refractivity contribution in [1.29, 1.82) is 0 Å². The molecule has 1 aromatic carbocycles. The van der Waals surface area contributed by atoms with Crippen molar-refractivity contribution in [2.75, 3.05) is 12.8 Å². The van der Waals surface area contributed by atoms with Crippen molar-refractivity contribution >= 4 is 11.6 Å². The number of rotatable bonds is 6. The molecule has 3 heteroatoms. The summed E-state index contributed by atoms with van der Waals surface area (Å²) in [6, 6.07) is 7.66. The summed E-state index contributed by atoms with van der Waals surface area (Å²) in [6.07, 6.45) is 3.91. The Labute approximate surface area is 104 Å². The monoisotopic (exact) mass is 234 g/mol. The molecule has 2 N–H and O–H groups in total. The van der Waals surface area contributed by atoms with Gasteiger partial charge in [0.2, 0.25) is 5.91 Å². The first-order valence-electron chi connectivity index (χ1n) is 6.22. The fourth-order valence-electron chi connectivity index (χ4n) is 1.70. The van der Waals surface area contributed by atoms with Crippen LogP contribution in [0.25, 0.3) is 0 Å². The second-order valence-electron chi connectivity index (χ2n) is 4.45. The molecular weight excluding hydrogens is 212 g/mol. The summed E-state index contributed by atoms with van der Waals surface area (Å²) in [5.74, 6) is 0.218. The SMILES string of the molecule is CCCCCC(=O)N(C)Cc1ccc(N)cc1. The maximum Gasteiger partial charge on any atom is 0.222 e. The highest BCUT2D eigenvalue weighted by Gasteiger charge is 2.08. The fourth-order valence-corrected chi connectivity index (χ4v) is 1.70. The Hall–Kier alpha value is -1.51. The second kappa shape index (κ2) is 6.94. The van der Waals surface area contributed by atoms with Crippen LogP contribution in [0.4, 0.5) is 5.69 Å². The molecular formula is C14H22N2O. The standard InChI is InChI=1S/C14H22N2O/c1-3-4-5-6-14(17)16(2)11-12-7-9-13(15)10-8-12/h7-10H,3-6,11,15H2,1-2H3. The minimum absolute atomic E-state index is 0.218. The van der Waals surface area contributed by atoms with Crippen molar-refractivity contribution in [3.8, 4) is 0 Å². The van der Waals surface area contributed by atoms with Gasteiger partial charge in [-0.05, 0) is 24.1 Å². The van der Waals surface area contributed by atoms with Crippen LogP contribution in [0.3, 0.4) is 0 Å². The van der Waals surface area contributed by atoms with E-state index in [1.807, 2.05) is 31.3 Å². The van der Waals surface area contributed by atoms with Crippen molar-refractivity contribution in [2.24, 2.45) is 0 Å². The molecule has 0 saturated heterocycles. The van der Waals surface area contributed by atoms with Gasteiger partial charge in [0.05, 0.1) is 0 Å². The minimum Gasteiger partial charge on any atom is -0.399 e. The van der Waals surface area contributed by atoms with Gasteiger partial charge in [-0.2, -0.15) is 0 Å². The lowest BCUT2D eigenvalue weighted by Gasteiger charge is -2.17. The summed E-state index contributed by atoms with van der Waals surface area (Å²) in [6.45, 7) is 2.80. The van der Waals surface area contributed by atoms with Gasteiger partial charge in [0.1, 0.15) is 0 Å². The molecule has 0 atom stereocenters. The number of unbranched alkanes of at least 4 members (excludes halogenated alkanes) is 2. The molecule has 0 aliphatic rings. The van der Waals surface area contributed by atoms with E-state index in [2.05, 4.69) is 6.92 Å². The Morgan fingerprint density at radius 3 is 2.47 bits per heavy atom. The van der Waals surface area contributed by atoms with Crippen LogP contribution in [0.2, 0.25) is 0 Å². The molecule has 0 heterocycles. The lowest BCUT2D eigenvalue weighted by molar-refractivity contribution is -0.130. The topological polar surface area (TPSA) is 46.3 Å². The van der Waals surface area contributed by atoms with Crippen LogP contribution in [0.5, 0.6) is 0 Å². The highest BCUT2D eigenvalue weighted by molar-refractivity contribution is 5.75. The molecule has 1 aromatic rings. The van der Waals surface area contributed by atoms with E-state index in [-0.39, 0.29) is 5.91 Å². The number of hydrogen-bond acceptors (Lipinski definition) is 2. The largest absolute Gasteiger partial charge is 0.399 e. The van der Waals surface area contributed by atoms with Crippen molar-refractivity contribution in [3.63, 3.8) is 0 Å². The second-order valence-corrected chi connectivity index (χ2v) is 4.45. The van der Waals surface area contributed by atoms with Gasteiger partial charge >= 0.3 is 0 Å². The molecule has 0 aromatic heterocycles. The number of nitrogen functional groups attached to an aromatic ring is 1. The van der Waals surface area contributed by atoms with Gasteiger partial charge in [0.15, 0.2) is 0 Å². The number of amides is 1. The van der Waals surface area contributed by atoms with Crippen LogP contribution in [0.1, 0.15) is 38.2 Å². The summed E-state index contributed by atoms with van der Waals surface area (Å²) < 4.78 is 0. The molecule has 17 heavy (non-hydrogen) atoms. The fraction of sp³-hybridized carbons (Fsp3) is 0.500. The number of nitrogens with two attached hydrogens (primary N) is 1. The molecule has 0 saturated carbocycles. The molecule has 0 bridgehead atoms. The van der Waals surface area contributed by atoms with E-state index in [1.165, 1.54) is 0 Å². The lowest BCUT2D eigenvalue weighted by atomic mass is 10.1. The quantitative estimate of drug-likeness (QED) is 0.607. The molecule has 0 unspecified atom stereocenters. The van der Waals surface area contributed by atoms with Gasteiger partial charge in [0.25, 0.3) is 0 Å². The third-order valence-corrected chi connectivity index (χ3v) is 2.82. The van der Waals surface area contributed by atoms with Gasteiger partial charge in [-0.25, -0.2) is 0 Å². The Morgan fingerprint density at radius 2 is 1.88 bits per heavy atom. The summed E-state index contributed by atoms with van der Waals surface area (Å²) >= 11 is 0. The van der Waals surface area contributed by atoms with Gasteiger partial charge in [-0.3, -0.25) is 4.79 Å². The van der Waals surface area contributed by atoms with E-state index in [9.17, 15) is 4.79 Å². The number of anilines is 1. The molecule has 1 amide bonds. The van der Waals surface area contributed by atoms with E-state index in [4.69, 9.17) is 5.73 Å². The normalized spacial score (nSPS) is 10.2. The van der Waals surface area contributed by atoms with E-state index >= 15 is 0 Å². The molecule has 0 radical (unpaired) electrons. The van der Waals surface area contributed by atoms with Crippen LogP contribution in [-0.4, -0.2) is 17.9 Å². The molecule has 0 spiro atoms. The van der Waals surface area contributed by atoms with Crippen molar-refractivity contribution in [2.45, 2.75) is 39.2 Å². The van der Waals surface area contributed by atoms with Crippen molar-refractivity contribution in [3.05, 3.63) is 29.8 Å². The first-order valence-corrected chi connectivity index (χ1v) is 6.22.